The number of halogens is 3. The van der Waals surface area contributed by atoms with Gasteiger partial charge in [-0.05, 0) is 33.6 Å². The fourth-order valence-corrected chi connectivity index (χ4v) is 2.89. The fourth-order valence-electron chi connectivity index (χ4n) is 2.89. The van der Waals surface area contributed by atoms with Crippen LogP contribution in [0.1, 0.15) is 52.9 Å². The smallest absolute Gasteiger partial charge is 0.409 e. The third-order valence-electron chi connectivity index (χ3n) is 4.09. The number of alkyl halides is 3. The van der Waals surface area contributed by atoms with E-state index in [0.717, 1.165) is 12.8 Å². The zero-order valence-corrected chi connectivity index (χ0v) is 15.9. The summed E-state index contributed by atoms with van der Waals surface area (Å²) in [4.78, 5) is 35.6. The molecular formula is C17H27F3N2O5. The molecule has 156 valence electrons. The Hall–Kier alpha value is -2.00. The van der Waals surface area contributed by atoms with E-state index in [9.17, 15) is 27.6 Å². The SMILES string of the molecule is COC(=O)[C@@H]1CCCC[C@H]1NC(=O)C[C@H](NC(=O)OC(C)(C)C)C(F)(F)F. The normalized spacial score (nSPS) is 21.7. The monoisotopic (exact) mass is 396 g/mol. The Balaban J connectivity index is 2.73. The van der Waals surface area contributed by atoms with Gasteiger partial charge in [0.25, 0.3) is 0 Å². The second-order valence-corrected chi connectivity index (χ2v) is 7.53. The average Bonchev–Trinajstić information content (AvgIpc) is 2.51. The van der Waals surface area contributed by atoms with Gasteiger partial charge in [-0.3, -0.25) is 9.59 Å². The van der Waals surface area contributed by atoms with Gasteiger partial charge in [-0.2, -0.15) is 13.2 Å². The molecule has 1 fully saturated rings. The standard InChI is InChI=1S/C17H27F3N2O5/c1-16(2,3)27-15(25)22-12(17(18,19)20)9-13(23)21-11-8-6-5-7-10(11)14(24)26-4/h10-12H,5-9H2,1-4H3,(H,21,23)(H,22,25)/t10-,11-,12+/m1/s1. The van der Waals surface area contributed by atoms with Gasteiger partial charge in [0, 0.05) is 6.04 Å². The molecule has 3 atom stereocenters. The van der Waals surface area contributed by atoms with Crippen LogP contribution in [-0.4, -0.2) is 48.9 Å². The summed E-state index contributed by atoms with van der Waals surface area (Å²) >= 11 is 0. The summed E-state index contributed by atoms with van der Waals surface area (Å²) < 4.78 is 49.1. The molecule has 1 aliphatic carbocycles. The van der Waals surface area contributed by atoms with Crippen molar-refractivity contribution in [1.29, 1.82) is 0 Å². The van der Waals surface area contributed by atoms with Crippen LogP contribution in [0.15, 0.2) is 0 Å². The molecule has 7 nitrogen and oxygen atoms in total. The maximum Gasteiger partial charge on any atom is 0.409 e. The number of esters is 1. The Morgan fingerprint density at radius 1 is 1.11 bits per heavy atom. The number of alkyl carbamates (subject to hydrolysis) is 1. The van der Waals surface area contributed by atoms with Crippen molar-refractivity contribution in [2.24, 2.45) is 5.92 Å². The quantitative estimate of drug-likeness (QED) is 0.697. The van der Waals surface area contributed by atoms with E-state index in [1.165, 1.54) is 27.9 Å². The van der Waals surface area contributed by atoms with Gasteiger partial charge >= 0.3 is 18.2 Å². The highest BCUT2D eigenvalue weighted by Gasteiger charge is 2.43. The van der Waals surface area contributed by atoms with Crippen molar-refractivity contribution in [2.75, 3.05) is 7.11 Å². The number of hydrogen-bond acceptors (Lipinski definition) is 5. The van der Waals surface area contributed by atoms with Crippen LogP contribution in [0.25, 0.3) is 0 Å². The minimum absolute atomic E-state index is 0.474. The summed E-state index contributed by atoms with van der Waals surface area (Å²) in [6.07, 6.45) is -4.61. The maximum atomic E-state index is 13.2. The van der Waals surface area contributed by atoms with Crippen LogP contribution in [-0.2, 0) is 19.1 Å². The molecule has 0 aromatic heterocycles. The molecule has 27 heavy (non-hydrogen) atoms. The molecule has 0 heterocycles. The number of nitrogens with one attached hydrogen (secondary N) is 2. The van der Waals surface area contributed by atoms with Gasteiger partial charge in [0.15, 0.2) is 0 Å². The van der Waals surface area contributed by atoms with E-state index in [2.05, 4.69) is 5.32 Å². The lowest BCUT2D eigenvalue weighted by Crippen LogP contribution is -2.51. The molecule has 2 amide bonds. The van der Waals surface area contributed by atoms with Crippen molar-refractivity contribution in [2.45, 2.75) is 76.7 Å². The lowest BCUT2D eigenvalue weighted by molar-refractivity contribution is -0.161. The molecular weight excluding hydrogens is 369 g/mol. The molecule has 0 unspecified atom stereocenters. The molecule has 1 rings (SSSR count). The molecule has 10 heteroatoms. The molecule has 1 aliphatic rings. The maximum absolute atomic E-state index is 13.2. The molecule has 1 saturated carbocycles. The second-order valence-electron chi connectivity index (χ2n) is 7.53. The first-order valence-electron chi connectivity index (χ1n) is 8.77. The Labute approximate surface area is 156 Å². The third-order valence-corrected chi connectivity index (χ3v) is 4.09. The van der Waals surface area contributed by atoms with Gasteiger partial charge in [-0.15, -0.1) is 0 Å². The van der Waals surface area contributed by atoms with E-state index < -0.39 is 54.2 Å². The van der Waals surface area contributed by atoms with Gasteiger partial charge in [0.05, 0.1) is 19.4 Å². The minimum atomic E-state index is -4.83. The largest absolute Gasteiger partial charge is 0.469 e. The number of carbonyl (C=O) groups excluding carboxylic acids is 3. The van der Waals surface area contributed by atoms with Crippen LogP contribution in [0, 0.1) is 5.92 Å². The van der Waals surface area contributed by atoms with Gasteiger partial charge in [0.2, 0.25) is 5.91 Å². The lowest BCUT2D eigenvalue weighted by Gasteiger charge is -2.31. The van der Waals surface area contributed by atoms with E-state index in [1.807, 2.05) is 0 Å². The highest BCUT2D eigenvalue weighted by atomic mass is 19.4. The van der Waals surface area contributed by atoms with Gasteiger partial charge in [0.1, 0.15) is 11.6 Å². The number of ether oxygens (including phenoxy) is 2. The predicted molar refractivity (Wildman–Crippen MR) is 89.7 cm³/mol. The number of hydrogen-bond donors (Lipinski definition) is 2. The molecule has 2 N–H and O–H groups in total. The summed E-state index contributed by atoms with van der Waals surface area (Å²) in [5, 5.41) is 4.16. The molecule has 0 aromatic rings. The van der Waals surface area contributed by atoms with Crippen LogP contribution < -0.4 is 10.6 Å². The topological polar surface area (TPSA) is 93.7 Å². The third kappa shape index (κ3) is 8.04. The lowest BCUT2D eigenvalue weighted by atomic mass is 9.84. The number of amides is 2. The van der Waals surface area contributed by atoms with Crippen molar-refractivity contribution >= 4 is 18.0 Å². The van der Waals surface area contributed by atoms with E-state index in [4.69, 9.17) is 9.47 Å². The highest BCUT2D eigenvalue weighted by molar-refractivity contribution is 5.80. The number of methoxy groups -OCH3 is 1. The molecule has 0 aromatic carbocycles. The van der Waals surface area contributed by atoms with Gasteiger partial charge in [-0.25, -0.2) is 4.79 Å². The predicted octanol–water partition coefficient (Wildman–Crippen LogP) is 2.68. The summed E-state index contributed by atoms with van der Waals surface area (Å²) in [5.74, 6) is -2.00. The minimum Gasteiger partial charge on any atom is -0.469 e. The first-order valence-corrected chi connectivity index (χ1v) is 8.77. The van der Waals surface area contributed by atoms with Crippen LogP contribution in [0.3, 0.4) is 0 Å². The Kier molecular flexibility index (Phi) is 7.91. The molecule has 0 spiro atoms. The summed E-state index contributed by atoms with van der Waals surface area (Å²) in [6.45, 7) is 4.54. The van der Waals surface area contributed by atoms with Crippen molar-refractivity contribution in [1.82, 2.24) is 10.6 Å². The van der Waals surface area contributed by atoms with Crippen molar-refractivity contribution in [3.8, 4) is 0 Å². The van der Waals surface area contributed by atoms with E-state index in [-0.39, 0.29) is 0 Å². The Morgan fingerprint density at radius 3 is 2.22 bits per heavy atom. The molecule has 0 radical (unpaired) electrons. The van der Waals surface area contributed by atoms with E-state index in [0.29, 0.717) is 12.8 Å². The highest BCUT2D eigenvalue weighted by Crippen LogP contribution is 2.27. The van der Waals surface area contributed by atoms with Gasteiger partial charge in [-0.1, -0.05) is 12.8 Å². The first-order chi connectivity index (χ1) is 12.3. The van der Waals surface area contributed by atoms with Crippen LogP contribution >= 0.6 is 0 Å². The molecule has 0 bridgehead atoms. The van der Waals surface area contributed by atoms with Crippen molar-refractivity contribution in [3.63, 3.8) is 0 Å². The first kappa shape index (κ1) is 23.0. The van der Waals surface area contributed by atoms with Crippen LogP contribution in [0.2, 0.25) is 0 Å². The number of carbonyl (C=O) groups is 3. The molecule has 0 saturated heterocycles. The van der Waals surface area contributed by atoms with E-state index >= 15 is 0 Å². The summed E-state index contributed by atoms with van der Waals surface area (Å²) in [7, 11) is 1.22. The van der Waals surface area contributed by atoms with Crippen molar-refractivity contribution < 1.29 is 37.0 Å². The summed E-state index contributed by atoms with van der Waals surface area (Å²) in [5.41, 5.74) is -0.974. The summed E-state index contributed by atoms with van der Waals surface area (Å²) in [6, 6.07) is -2.98. The number of rotatable bonds is 5. The molecule has 0 aliphatic heterocycles. The second kappa shape index (κ2) is 9.27. The fraction of sp³-hybridized carbons (Fsp3) is 0.824. The Bertz CT molecular complexity index is 546. The average molecular weight is 396 g/mol. The van der Waals surface area contributed by atoms with Crippen molar-refractivity contribution in [3.05, 3.63) is 0 Å². The van der Waals surface area contributed by atoms with Crippen LogP contribution in [0.5, 0.6) is 0 Å². The van der Waals surface area contributed by atoms with E-state index in [1.54, 1.807) is 5.32 Å². The zero-order valence-electron chi connectivity index (χ0n) is 15.9. The zero-order chi connectivity index (χ0) is 20.8. The Morgan fingerprint density at radius 2 is 1.70 bits per heavy atom. The van der Waals surface area contributed by atoms with Crippen LogP contribution in [0.4, 0.5) is 18.0 Å². The van der Waals surface area contributed by atoms with Gasteiger partial charge < -0.3 is 20.1 Å².